The molecule has 0 fully saturated rings. The second-order valence-electron chi connectivity index (χ2n) is 7.69. The molecular formula is C23H25ClN4O4S. The van der Waals surface area contributed by atoms with Crippen LogP contribution in [0.25, 0.3) is 0 Å². The number of carbonyl (C=O) groups is 1. The van der Waals surface area contributed by atoms with Crippen molar-refractivity contribution in [2.75, 3.05) is 11.3 Å². The molecule has 10 heteroatoms. The Morgan fingerprint density at radius 1 is 1.18 bits per heavy atom. The molecule has 0 bridgehead atoms. The lowest BCUT2D eigenvalue weighted by Crippen LogP contribution is -2.24. The highest BCUT2D eigenvalue weighted by atomic mass is 35.5. The molecular weight excluding hydrogens is 464 g/mol. The fraction of sp³-hybridized carbons (Fsp3) is 0.304. The zero-order chi connectivity index (χ0) is 23.4. The number of hydrogen-bond acceptors (Lipinski definition) is 5. The predicted molar refractivity (Wildman–Crippen MR) is 126 cm³/mol. The van der Waals surface area contributed by atoms with Crippen LogP contribution in [0.5, 0.6) is 5.75 Å². The third kappa shape index (κ3) is 5.48. The fourth-order valence-corrected chi connectivity index (χ4v) is 4.96. The number of aryl methyl sites for hydroxylation is 2. The van der Waals surface area contributed by atoms with Gasteiger partial charge in [-0.05, 0) is 62.2 Å². The molecule has 2 N–H and O–H groups in total. The average molecular weight is 489 g/mol. The molecule has 0 radical (unpaired) electrons. The monoisotopic (exact) mass is 488 g/mol. The number of amides is 1. The van der Waals surface area contributed by atoms with Crippen molar-refractivity contribution in [1.29, 1.82) is 0 Å². The standard InChI is InChI=1S/C23H25ClN4O4S/c1-2-32-18-8-6-16(7-9-18)27-33(30,31)19-10-11-21(24)20(13-19)23(29)25-14-17-15-28-12-4-3-5-22(28)26-17/h6-11,13,15,27H,2-5,12,14H2,1H3,(H,25,29). The topological polar surface area (TPSA) is 102 Å². The zero-order valence-corrected chi connectivity index (χ0v) is 19.7. The van der Waals surface area contributed by atoms with E-state index in [0.717, 1.165) is 37.3 Å². The third-order valence-electron chi connectivity index (χ3n) is 5.30. The normalized spacial score (nSPS) is 13.3. The van der Waals surface area contributed by atoms with Crippen molar-refractivity contribution in [2.24, 2.45) is 0 Å². The Bertz CT molecular complexity index is 1230. The van der Waals surface area contributed by atoms with E-state index in [1.54, 1.807) is 24.3 Å². The van der Waals surface area contributed by atoms with Crippen LogP contribution in [-0.4, -0.2) is 30.5 Å². The minimum atomic E-state index is -3.93. The maximum absolute atomic E-state index is 12.9. The molecule has 2 aromatic carbocycles. The largest absolute Gasteiger partial charge is 0.494 e. The van der Waals surface area contributed by atoms with Gasteiger partial charge in [0.1, 0.15) is 11.6 Å². The van der Waals surface area contributed by atoms with Crippen molar-refractivity contribution < 1.29 is 17.9 Å². The van der Waals surface area contributed by atoms with E-state index in [1.165, 1.54) is 18.2 Å². The van der Waals surface area contributed by atoms with E-state index >= 15 is 0 Å². The number of imidazole rings is 1. The van der Waals surface area contributed by atoms with Crippen LogP contribution in [0, 0.1) is 0 Å². The lowest BCUT2D eigenvalue weighted by atomic mass is 10.2. The molecule has 1 aromatic heterocycles. The van der Waals surface area contributed by atoms with Crippen molar-refractivity contribution in [3.8, 4) is 5.75 Å². The molecule has 2 heterocycles. The van der Waals surface area contributed by atoms with Crippen LogP contribution in [0.1, 0.15) is 41.6 Å². The molecule has 0 unspecified atom stereocenters. The number of carbonyl (C=O) groups excluding carboxylic acids is 1. The Morgan fingerprint density at radius 3 is 2.70 bits per heavy atom. The van der Waals surface area contributed by atoms with Gasteiger partial charge >= 0.3 is 0 Å². The summed E-state index contributed by atoms with van der Waals surface area (Å²) in [6.45, 7) is 3.55. The SMILES string of the molecule is CCOc1ccc(NS(=O)(=O)c2ccc(Cl)c(C(=O)NCc3cn4c(n3)CCCC4)c2)cc1. The number of nitrogens with one attached hydrogen (secondary N) is 2. The van der Waals surface area contributed by atoms with Gasteiger partial charge in [0.05, 0.1) is 34.3 Å². The summed E-state index contributed by atoms with van der Waals surface area (Å²) in [4.78, 5) is 17.3. The van der Waals surface area contributed by atoms with Gasteiger partial charge in [-0.1, -0.05) is 11.6 Å². The molecule has 4 rings (SSSR count). The van der Waals surface area contributed by atoms with Crippen LogP contribution in [-0.2, 0) is 29.5 Å². The van der Waals surface area contributed by atoms with Crippen molar-refractivity contribution in [3.05, 3.63) is 70.8 Å². The summed E-state index contributed by atoms with van der Waals surface area (Å²) in [5, 5.41) is 2.95. The number of nitrogens with zero attached hydrogens (tertiary/aromatic N) is 2. The molecule has 33 heavy (non-hydrogen) atoms. The predicted octanol–water partition coefficient (Wildman–Crippen LogP) is 4.00. The van der Waals surface area contributed by atoms with Crippen LogP contribution < -0.4 is 14.8 Å². The Kier molecular flexibility index (Phi) is 6.90. The number of hydrogen-bond donors (Lipinski definition) is 2. The summed E-state index contributed by atoms with van der Waals surface area (Å²) in [5.74, 6) is 1.20. The average Bonchev–Trinajstić information content (AvgIpc) is 3.22. The van der Waals surface area contributed by atoms with Crippen molar-refractivity contribution in [2.45, 2.75) is 44.2 Å². The molecule has 174 valence electrons. The lowest BCUT2D eigenvalue weighted by Gasteiger charge is -2.11. The summed E-state index contributed by atoms with van der Waals surface area (Å²) >= 11 is 6.20. The van der Waals surface area contributed by atoms with Gasteiger partial charge < -0.3 is 14.6 Å². The molecule has 0 saturated heterocycles. The van der Waals surface area contributed by atoms with E-state index in [-0.39, 0.29) is 22.0 Å². The van der Waals surface area contributed by atoms with Gasteiger partial charge in [0, 0.05) is 24.8 Å². The molecule has 8 nitrogen and oxygen atoms in total. The quantitative estimate of drug-likeness (QED) is 0.499. The highest BCUT2D eigenvalue weighted by molar-refractivity contribution is 7.92. The number of ether oxygens (including phenoxy) is 1. The highest BCUT2D eigenvalue weighted by Crippen LogP contribution is 2.24. The first-order valence-corrected chi connectivity index (χ1v) is 12.6. The number of rotatable bonds is 8. The van der Waals surface area contributed by atoms with Crippen LogP contribution in [0.4, 0.5) is 5.69 Å². The van der Waals surface area contributed by atoms with Gasteiger partial charge in [-0.25, -0.2) is 13.4 Å². The highest BCUT2D eigenvalue weighted by Gasteiger charge is 2.20. The number of aromatic nitrogens is 2. The molecule has 1 amide bonds. The molecule has 1 aliphatic rings. The first-order valence-electron chi connectivity index (χ1n) is 10.7. The smallest absolute Gasteiger partial charge is 0.261 e. The maximum atomic E-state index is 12.9. The van der Waals surface area contributed by atoms with Gasteiger partial charge in [0.15, 0.2) is 0 Å². The summed E-state index contributed by atoms with van der Waals surface area (Å²) < 4.78 is 35.7. The van der Waals surface area contributed by atoms with Gasteiger partial charge in [-0.3, -0.25) is 9.52 Å². The van der Waals surface area contributed by atoms with E-state index in [9.17, 15) is 13.2 Å². The summed E-state index contributed by atoms with van der Waals surface area (Å²) in [5.41, 5.74) is 1.22. The molecule has 1 aliphatic heterocycles. The van der Waals surface area contributed by atoms with Crippen LogP contribution in [0.2, 0.25) is 5.02 Å². The third-order valence-corrected chi connectivity index (χ3v) is 7.01. The Hall–Kier alpha value is -3.04. The first-order chi connectivity index (χ1) is 15.9. The van der Waals surface area contributed by atoms with E-state index in [1.807, 2.05) is 13.1 Å². The second-order valence-corrected chi connectivity index (χ2v) is 9.78. The van der Waals surface area contributed by atoms with Gasteiger partial charge in [0.2, 0.25) is 0 Å². The number of halogens is 1. The number of sulfonamides is 1. The lowest BCUT2D eigenvalue weighted by molar-refractivity contribution is 0.0950. The van der Waals surface area contributed by atoms with E-state index in [4.69, 9.17) is 16.3 Å². The summed E-state index contributed by atoms with van der Waals surface area (Å²) in [6, 6.07) is 10.6. The Balaban J connectivity index is 1.46. The Morgan fingerprint density at radius 2 is 1.97 bits per heavy atom. The molecule has 0 saturated carbocycles. The van der Waals surface area contributed by atoms with Gasteiger partial charge in [-0.2, -0.15) is 0 Å². The number of anilines is 1. The van der Waals surface area contributed by atoms with Crippen LogP contribution in [0.15, 0.2) is 53.6 Å². The van der Waals surface area contributed by atoms with E-state index in [0.29, 0.717) is 18.0 Å². The number of benzene rings is 2. The number of fused-ring (bicyclic) bond motifs is 1. The second kappa shape index (κ2) is 9.84. The van der Waals surface area contributed by atoms with Crippen LogP contribution in [0.3, 0.4) is 0 Å². The summed E-state index contributed by atoms with van der Waals surface area (Å²) in [7, 11) is -3.93. The van der Waals surface area contributed by atoms with E-state index < -0.39 is 15.9 Å². The molecule has 3 aromatic rings. The fourth-order valence-electron chi connectivity index (χ4n) is 3.67. The maximum Gasteiger partial charge on any atom is 0.261 e. The molecule has 0 atom stereocenters. The van der Waals surface area contributed by atoms with E-state index in [2.05, 4.69) is 19.6 Å². The molecule has 0 spiro atoms. The van der Waals surface area contributed by atoms with Crippen molar-refractivity contribution in [3.63, 3.8) is 0 Å². The first kappa shape index (κ1) is 23.1. The van der Waals surface area contributed by atoms with Gasteiger partial charge in [-0.15, -0.1) is 0 Å². The minimum Gasteiger partial charge on any atom is -0.494 e. The van der Waals surface area contributed by atoms with Crippen LogP contribution >= 0.6 is 11.6 Å². The minimum absolute atomic E-state index is 0.0663. The van der Waals surface area contributed by atoms with Crippen molar-refractivity contribution >= 4 is 33.2 Å². The van der Waals surface area contributed by atoms with Gasteiger partial charge in [0.25, 0.3) is 15.9 Å². The van der Waals surface area contributed by atoms with Crippen molar-refractivity contribution in [1.82, 2.24) is 14.9 Å². The summed E-state index contributed by atoms with van der Waals surface area (Å²) in [6.07, 6.45) is 5.11. The Labute approximate surface area is 198 Å². The zero-order valence-electron chi connectivity index (χ0n) is 18.2. The molecule has 0 aliphatic carbocycles.